The second-order valence-corrected chi connectivity index (χ2v) is 5.39. The van der Waals surface area contributed by atoms with Crippen LogP contribution in [0.15, 0.2) is 16.5 Å². The second-order valence-electron chi connectivity index (χ2n) is 5.39. The van der Waals surface area contributed by atoms with E-state index in [2.05, 4.69) is 24.1 Å². The van der Waals surface area contributed by atoms with Gasteiger partial charge in [-0.3, -0.25) is 4.90 Å². The van der Waals surface area contributed by atoms with E-state index in [0.29, 0.717) is 17.7 Å². The van der Waals surface area contributed by atoms with Gasteiger partial charge in [-0.2, -0.15) is 0 Å². The van der Waals surface area contributed by atoms with E-state index in [0.717, 1.165) is 38.4 Å². The fraction of sp³-hybridized carbons (Fsp3) is 0.714. The van der Waals surface area contributed by atoms with Crippen molar-refractivity contribution in [3.05, 3.63) is 23.7 Å². The van der Waals surface area contributed by atoms with Crippen LogP contribution in [0.5, 0.6) is 0 Å². The van der Waals surface area contributed by atoms with Crippen molar-refractivity contribution >= 4 is 0 Å². The Bertz CT molecular complexity index is 356. The van der Waals surface area contributed by atoms with Gasteiger partial charge in [-0.25, -0.2) is 0 Å². The number of hydrogen-bond donors (Lipinski definition) is 2. The van der Waals surface area contributed by atoms with Crippen molar-refractivity contribution in [2.24, 2.45) is 5.92 Å². The molecule has 18 heavy (non-hydrogen) atoms. The van der Waals surface area contributed by atoms with Crippen LogP contribution in [0.1, 0.15) is 37.8 Å². The van der Waals surface area contributed by atoms with Gasteiger partial charge in [0, 0.05) is 26.2 Å². The smallest absolute Gasteiger partial charge is 0.129 e. The van der Waals surface area contributed by atoms with Gasteiger partial charge in [0.25, 0.3) is 0 Å². The summed E-state index contributed by atoms with van der Waals surface area (Å²) >= 11 is 0. The number of hydrogen-bond acceptors (Lipinski definition) is 4. The Balaban J connectivity index is 2.12. The molecule has 2 N–H and O–H groups in total. The Kier molecular flexibility index (Phi) is 4.80. The molecule has 1 fully saturated rings. The summed E-state index contributed by atoms with van der Waals surface area (Å²) in [4.78, 5) is 2.48. The molecular weight excluding hydrogens is 228 g/mol. The van der Waals surface area contributed by atoms with Gasteiger partial charge in [0.2, 0.25) is 0 Å². The molecule has 1 atom stereocenters. The van der Waals surface area contributed by atoms with Crippen molar-refractivity contribution in [2.75, 3.05) is 26.2 Å². The molecule has 102 valence electrons. The van der Waals surface area contributed by atoms with Crippen LogP contribution in [0.25, 0.3) is 0 Å². The van der Waals surface area contributed by atoms with E-state index < -0.39 is 0 Å². The molecule has 1 aromatic rings. The molecule has 4 nitrogen and oxygen atoms in total. The molecule has 0 radical (unpaired) electrons. The van der Waals surface area contributed by atoms with Crippen LogP contribution in [0, 0.1) is 5.92 Å². The molecule has 0 spiro atoms. The molecule has 1 aliphatic heterocycles. The summed E-state index contributed by atoms with van der Waals surface area (Å²) < 4.78 is 5.74. The second kappa shape index (κ2) is 6.36. The summed E-state index contributed by atoms with van der Waals surface area (Å²) in [5.74, 6) is 2.29. The van der Waals surface area contributed by atoms with Crippen LogP contribution < -0.4 is 5.32 Å². The highest BCUT2D eigenvalue weighted by Gasteiger charge is 2.25. The largest absolute Gasteiger partial charge is 0.462 e. The Hall–Kier alpha value is -0.840. The molecule has 0 unspecified atom stereocenters. The number of furan rings is 1. The van der Waals surface area contributed by atoms with E-state index >= 15 is 0 Å². The predicted octanol–water partition coefficient (Wildman–Crippen LogP) is 1.76. The lowest BCUT2D eigenvalue weighted by atomic mass is 10.00. The standard InChI is InChI=1S/C14H24N2O2/c1-11(2)9-13(16-7-5-15-6-8-16)14-4-3-12(10-17)18-14/h3-4,11,13,15,17H,5-10H2,1-2H3/t13-/m1/s1. The van der Waals surface area contributed by atoms with Gasteiger partial charge in [-0.05, 0) is 24.5 Å². The topological polar surface area (TPSA) is 48.6 Å². The molecule has 1 aromatic heterocycles. The van der Waals surface area contributed by atoms with Gasteiger partial charge >= 0.3 is 0 Å². The van der Waals surface area contributed by atoms with Gasteiger partial charge in [-0.15, -0.1) is 0 Å². The van der Waals surface area contributed by atoms with Gasteiger partial charge < -0.3 is 14.8 Å². The Morgan fingerprint density at radius 1 is 1.33 bits per heavy atom. The first-order valence-electron chi connectivity index (χ1n) is 6.85. The van der Waals surface area contributed by atoms with Crippen molar-refractivity contribution in [3.8, 4) is 0 Å². The molecule has 4 heteroatoms. The van der Waals surface area contributed by atoms with Crippen molar-refractivity contribution < 1.29 is 9.52 Å². The van der Waals surface area contributed by atoms with Crippen LogP contribution in [-0.2, 0) is 6.61 Å². The maximum atomic E-state index is 9.11. The summed E-state index contributed by atoms with van der Waals surface area (Å²) in [6, 6.07) is 4.23. The first-order valence-corrected chi connectivity index (χ1v) is 6.85. The summed E-state index contributed by atoms with van der Waals surface area (Å²) in [6.45, 7) is 8.68. The van der Waals surface area contributed by atoms with E-state index in [1.807, 2.05) is 12.1 Å². The van der Waals surface area contributed by atoms with Crippen LogP contribution in [0.3, 0.4) is 0 Å². The minimum atomic E-state index is -0.0179. The van der Waals surface area contributed by atoms with E-state index in [9.17, 15) is 0 Å². The molecular formula is C14H24N2O2. The molecule has 0 bridgehead atoms. The first kappa shape index (κ1) is 13.6. The number of aliphatic hydroxyl groups is 1. The molecule has 1 saturated heterocycles. The summed E-state index contributed by atoms with van der Waals surface area (Å²) in [7, 11) is 0. The average molecular weight is 252 g/mol. The summed E-state index contributed by atoms with van der Waals surface area (Å²) in [5, 5.41) is 12.5. The Morgan fingerprint density at radius 2 is 2.06 bits per heavy atom. The average Bonchev–Trinajstić information content (AvgIpc) is 2.85. The van der Waals surface area contributed by atoms with E-state index in [1.165, 1.54) is 0 Å². The number of piperazine rings is 1. The minimum absolute atomic E-state index is 0.0179. The van der Waals surface area contributed by atoms with Crippen molar-refractivity contribution in [1.82, 2.24) is 10.2 Å². The molecule has 2 rings (SSSR count). The van der Waals surface area contributed by atoms with Crippen LogP contribution in [-0.4, -0.2) is 36.2 Å². The normalized spacial score (nSPS) is 19.3. The highest BCUT2D eigenvalue weighted by atomic mass is 16.4. The third-order valence-corrected chi connectivity index (χ3v) is 3.45. The molecule has 0 saturated carbocycles. The fourth-order valence-corrected chi connectivity index (χ4v) is 2.54. The summed E-state index contributed by atoms with van der Waals surface area (Å²) in [5.41, 5.74) is 0. The number of nitrogens with one attached hydrogen (secondary N) is 1. The number of nitrogens with zero attached hydrogens (tertiary/aromatic N) is 1. The van der Waals surface area contributed by atoms with Gasteiger partial charge in [-0.1, -0.05) is 13.8 Å². The zero-order valence-electron chi connectivity index (χ0n) is 11.4. The minimum Gasteiger partial charge on any atom is -0.462 e. The van der Waals surface area contributed by atoms with Crippen molar-refractivity contribution in [2.45, 2.75) is 32.9 Å². The monoisotopic (exact) mass is 252 g/mol. The van der Waals surface area contributed by atoms with Crippen LogP contribution in [0.4, 0.5) is 0 Å². The lowest BCUT2D eigenvalue weighted by Crippen LogP contribution is -2.45. The third kappa shape index (κ3) is 3.34. The molecule has 0 amide bonds. The number of rotatable bonds is 5. The van der Waals surface area contributed by atoms with E-state index in [4.69, 9.17) is 9.52 Å². The van der Waals surface area contributed by atoms with E-state index in [1.54, 1.807) is 0 Å². The summed E-state index contributed by atoms with van der Waals surface area (Å²) in [6.07, 6.45) is 1.10. The Labute approximate surface area is 109 Å². The van der Waals surface area contributed by atoms with Crippen molar-refractivity contribution in [1.29, 1.82) is 0 Å². The maximum Gasteiger partial charge on any atom is 0.129 e. The van der Waals surface area contributed by atoms with Gasteiger partial charge in [0.05, 0.1) is 6.04 Å². The van der Waals surface area contributed by atoms with Crippen LogP contribution >= 0.6 is 0 Å². The van der Waals surface area contributed by atoms with Gasteiger partial charge in [0.15, 0.2) is 0 Å². The van der Waals surface area contributed by atoms with Gasteiger partial charge in [0.1, 0.15) is 18.1 Å². The molecule has 1 aliphatic rings. The molecule has 2 heterocycles. The lowest BCUT2D eigenvalue weighted by molar-refractivity contribution is 0.131. The van der Waals surface area contributed by atoms with Crippen LogP contribution in [0.2, 0.25) is 0 Å². The molecule has 0 aliphatic carbocycles. The maximum absolute atomic E-state index is 9.11. The first-order chi connectivity index (χ1) is 8.70. The fourth-order valence-electron chi connectivity index (χ4n) is 2.54. The zero-order valence-corrected chi connectivity index (χ0v) is 11.4. The quantitative estimate of drug-likeness (QED) is 0.838. The molecule has 0 aromatic carbocycles. The number of aliphatic hydroxyl groups excluding tert-OH is 1. The third-order valence-electron chi connectivity index (χ3n) is 3.45. The predicted molar refractivity (Wildman–Crippen MR) is 71.3 cm³/mol. The van der Waals surface area contributed by atoms with E-state index in [-0.39, 0.29) is 6.61 Å². The SMILES string of the molecule is CC(C)C[C@H](c1ccc(CO)o1)N1CCNCC1. The lowest BCUT2D eigenvalue weighted by Gasteiger charge is -2.34. The highest BCUT2D eigenvalue weighted by molar-refractivity contribution is 5.11. The highest BCUT2D eigenvalue weighted by Crippen LogP contribution is 2.29. The van der Waals surface area contributed by atoms with Crippen molar-refractivity contribution in [3.63, 3.8) is 0 Å². The Morgan fingerprint density at radius 3 is 2.61 bits per heavy atom. The zero-order chi connectivity index (χ0) is 13.0.